The number of hydrogen-bond acceptors (Lipinski definition) is 3. The Kier molecular flexibility index (Phi) is 4.93. The van der Waals surface area contributed by atoms with Crippen LogP contribution in [0.25, 0.3) is 0 Å². The van der Waals surface area contributed by atoms with Crippen molar-refractivity contribution in [2.45, 2.75) is 18.9 Å². The fourth-order valence-electron chi connectivity index (χ4n) is 2.90. The molecule has 0 radical (unpaired) electrons. The molecule has 0 spiro atoms. The second-order valence-corrected chi connectivity index (χ2v) is 6.00. The zero-order valence-electron chi connectivity index (χ0n) is 13.7. The highest BCUT2D eigenvalue weighted by molar-refractivity contribution is 5.94. The van der Waals surface area contributed by atoms with Crippen LogP contribution in [0.15, 0.2) is 54.6 Å². The number of nitriles is 1. The van der Waals surface area contributed by atoms with Gasteiger partial charge in [0.1, 0.15) is 6.10 Å². The van der Waals surface area contributed by atoms with Gasteiger partial charge in [-0.1, -0.05) is 42.5 Å². The molecular weight excluding hydrogens is 300 g/mol. The highest BCUT2D eigenvalue weighted by Gasteiger charge is 2.26. The van der Waals surface area contributed by atoms with Gasteiger partial charge in [-0.2, -0.15) is 5.26 Å². The fourth-order valence-corrected chi connectivity index (χ4v) is 2.90. The van der Waals surface area contributed by atoms with Gasteiger partial charge in [-0.15, -0.1) is 0 Å². The summed E-state index contributed by atoms with van der Waals surface area (Å²) in [6, 6.07) is 19.5. The summed E-state index contributed by atoms with van der Waals surface area (Å²) in [6.07, 6.45) is -0.0925. The number of morpholine rings is 1. The van der Waals surface area contributed by atoms with Crippen LogP contribution in [0.5, 0.6) is 0 Å². The van der Waals surface area contributed by atoms with Gasteiger partial charge in [0, 0.05) is 12.1 Å². The molecule has 0 aromatic heterocycles. The van der Waals surface area contributed by atoms with E-state index in [9.17, 15) is 4.79 Å². The van der Waals surface area contributed by atoms with Crippen LogP contribution in [0.4, 0.5) is 0 Å². The predicted molar refractivity (Wildman–Crippen MR) is 91.5 cm³/mol. The van der Waals surface area contributed by atoms with Gasteiger partial charge in [0.2, 0.25) is 0 Å². The molecule has 0 bridgehead atoms. The Morgan fingerprint density at radius 3 is 2.79 bits per heavy atom. The van der Waals surface area contributed by atoms with E-state index in [1.165, 1.54) is 0 Å². The Morgan fingerprint density at radius 1 is 1.25 bits per heavy atom. The summed E-state index contributed by atoms with van der Waals surface area (Å²) in [5.74, 6) is -0.231. The van der Waals surface area contributed by atoms with Crippen LogP contribution in [0.1, 0.15) is 40.4 Å². The normalized spacial score (nSPS) is 18.7. The van der Waals surface area contributed by atoms with Crippen molar-refractivity contribution in [3.63, 3.8) is 0 Å². The molecular formula is C20H20N2O2. The van der Waals surface area contributed by atoms with Crippen molar-refractivity contribution in [3.05, 3.63) is 71.3 Å². The van der Waals surface area contributed by atoms with Gasteiger partial charge in [-0.25, -0.2) is 0 Å². The van der Waals surface area contributed by atoms with E-state index in [-0.39, 0.29) is 17.9 Å². The largest absolute Gasteiger partial charge is 0.370 e. The maximum absolute atomic E-state index is 12.8. The van der Waals surface area contributed by atoms with Crippen molar-refractivity contribution < 1.29 is 9.53 Å². The van der Waals surface area contributed by atoms with Crippen molar-refractivity contribution in [3.8, 4) is 6.07 Å². The minimum Gasteiger partial charge on any atom is -0.370 e. The summed E-state index contributed by atoms with van der Waals surface area (Å²) in [7, 11) is 0. The topological polar surface area (TPSA) is 53.3 Å². The number of carbonyl (C=O) groups excluding carboxylic acids is 1. The lowest BCUT2D eigenvalue weighted by atomic mass is 9.99. The van der Waals surface area contributed by atoms with Crippen LogP contribution in [-0.2, 0) is 4.74 Å². The first-order valence-electron chi connectivity index (χ1n) is 8.14. The molecule has 0 saturated carbocycles. The van der Waals surface area contributed by atoms with Gasteiger partial charge in [-0.3, -0.25) is 4.79 Å². The minimum atomic E-state index is -0.223. The van der Waals surface area contributed by atoms with E-state index in [1.807, 2.05) is 66.4 Å². The molecule has 0 N–H and O–H groups in total. The van der Waals surface area contributed by atoms with Gasteiger partial charge in [-0.05, 0) is 30.2 Å². The van der Waals surface area contributed by atoms with Gasteiger partial charge < -0.3 is 9.64 Å². The van der Waals surface area contributed by atoms with Crippen molar-refractivity contribution in [2.75, 3.05) is 19.7 Å². The standard InChI is InChI=1S/C20H20N2O2/c1-15(13-21)17-8-5-9-18(12-17)20(23)22-10-11-24-19(14-22)16-6-3-2-4-7-16/h2-9,12,15,19H,10-11,14H2,1H3. The summed E-state index contributed by atoms with van der Waals surface area (Å²) in [6.45, 7) is 3.49. The Hall–Kier alpha value is -2.64. The Bertz CT molecular complexity index is 752. The lowest BCUT2D eigenvalue weighted by Crippen LogP contribution is -2.42. The van der Waals surface area contributed by atoms with E-state index >= 15 is 0 Å². The van der Waals surface area contributed by atoms with Crippen LogP contribution in [0.2, 0.25) is 0 Å². The first kappa shape index (κ1) is 16.2. The van der Waals surface area contributed by atoms with Crippen molar-refractivity contribution >= 4 is 5.91 Å². The van der Waals surface area contributed by atoms with Crippen LogP contribution in [0.3, 0.4) is 0 Å². The first-order valence-corrected chi connectivity index (χ1v) is 8.14. The number of carbonyl (C=O) groups is 1. The van der Waals surface area contributed by atoms with E-state index in [0.29, 0.717) is 25.3 Å². The molecule has 122 valence electrons. The summed E-state index contributed by atoms with van der Waals surface area (Å²) in [5, 5.41) is 9.07. The smallest absolute Gasteiger partial charge is 0.254 e. The monoisotopic (exact) mass is 320 g/mol. The molecule has 4 heteroatoms. The number of rotatable bonds is 3. The quantitative estimate of drug-likeness (QED) is 0.869. The van der Waals surface area contributed by atoms with E-state index in [0.717, 1.165) is 11.1 Å². The third-order valence-electron chi connectivity index (χ3n) is 4.35. The predicted octanol–water partition coefficient (Wildman–Crippen LogP) is 3.53. The second-order valence-electron chi connectivity index (χ2n) is 6.00. The Morgan fingerprint density at radius 2 is 2.04 bits per heavy atom. The highest BCUT2D eigenvalue weighted by atomic mass is 16.5. The lowest BCUT2D eigenvalue weighted by Gasteiger charge is -2.33. The molecule has 24 heavy (non-hydrogen) atoms. The average Bonchev–Trinajstić information content (AvgIpc) is 2.67. The zero-order valence-corrected chi connectivity index (χ0v) is 13.7. The van der Waals surface area contributed by atoms with Crippen molar-refractivity contribution in [2.24, 2.45) is 0 Å². The minimum absolute atomic E-state index is 0.00813. The van der Waals surface area contributed by atoms with E-state index in [2.05, 4.69) is 6.07 Å². The maximum Gasteiger partial charge on any atom is 0.254 e. The second kappa shape index (κ2) is 7.29. The third-order valence-corrected chi connectivity index (χ3v) is 4.35. The molecule has 3 rings (SSSR count). The van der Waals surface area contributed by atoms with E-state index in [4.69, 9.17) is 10.00 Å². The molecule has 4 nitrogen and oxygen atoms in total. The summed E-state index contributed by atoms with van der Waals surface area (Å²) in [5.41, 5.74) is 2.58. The number of ether oxygens (including phenoxy) is 1. The van der Waals surface area contributed by atoms with Crippen molar-refractivity contribution in [1.29, 1.82) is 5.26 Å². The summed E-state index contributed by atoms with van der Waals surface area (Å²) < 4.78 is 5.82. The summed E-state index contributed by atoms with van der Waals surface area (Å²) in [4.78, 5) is 14.7. The third kappa shape index (κ3) is 3.47. The lowest BCUT2D eigenvalue weighted by molar-refractivity contribution is -0.0228. The van der Waals surface area contributed by atoms with Gasteiger partial charge in [0.25, 0.3) is 5.91 Å². The Labute approximate surface area is 142 Å². The zero-order chi connectivity index (χ0) is 16.9. The van der Waals surface area contributed by atoms with Crippen molar-refractivity contribution in [1.82, 2.24) is 4.90 Å². The molecule has 1 saturated heterocycles. The number of benzene rings is 2. The van der Waals surface area contributed by atoms with E-state index in [1.54, 1.807) is 0 Å². The SMILES string of the molecule is CC(C#N)c1cccc(C(=O)N2CCOC(c3ccccc3)C2)c1. The molecule has 1 amide bonds. The van der Waals surface area contributed by atoms with Crippen LogP contribution in [-0.4, -0.2) is 30.5 Å². The van der Waals surface area contributed by atoms with Gasteiger partial charge >= 0.3 is 0 Å². The van der Waals surface area contributed by atoms with E-state index < -0.39 is 0 Å². The summed E-state index contributed by atoms with van der Waals surface area (Å²) >= 11 is 0. The van der Waals surface area contributed by atoms with Crippen LogP contribution >= 0.6 is 0 Å². The Balaban J connectivity index is 1.76. The molecule has 1 aliphatic rings. The number of amides is 1. The van der Waals surface area contributed by atoms with Gasteiger partial charge in [0.15, 0.2) is 0 Å². The highest BCUT2D eigenvalue weighted by Crippen LogP contribution is 2.24. The molecule has 0 aliphatic carbocycles. The number of hydrogen-bond donors (Lipinski definition) is 0. The molecule has 2 atom stereocenters. The molecule has 1 fully saturated rings. The molecule has 2 aromatic rings. The molecule has 1 aliphatic heterocycles. The molecule has 1 heterocycles. The average molecular weight is 320 g/mol. The first-order chi connectivity index (χ1) is 11.7. The van der Waals surface area contributed by atoms with Gasteiger partial charge in [0.05, 0.1) is 25.1 Å². The van der Waals surface area contributed by atoms with Crippen LogP contribution < -0.4 is 0 Å². The van der Waals surface area contributed by atoms with Crippen LogP contribution in [0, 0.1) is 11.3 Å². The maximum atomic E-state index is 12.8. The fraction of sp³-hybridized carbons (Fsp3) is 0.300. The number of nitrogens with zero attached hydrogens (tertiary/aromatic N) is 2. The molecule has 2 unspecified atom stereocenters. The molecule has 2 aromatic carbocycles.